The van der Waals surface area contributed by atoms with E-state index in [9.17, 15) is 9.59 Å². The smallest absolute Gasteiger partial charge is 0.306 e. The monoisotopic (exact) mass is 246 g/mol. The summed E-state index contributed by atoms with van der Waals surface area (Å²) in [7, 11) is 0. The molecule has 0 heterocycles. The Kier molecular flexibility index (Phi) is 5.85. The number of hydrogen-bond acceptors (Lipinski definition) is 3. The van der Waals surface area contributed by atoms with E-state index < -0.39 is 0 Å². The molecule has 0 saturated carbocycles. The summed E-state index contributed by atoms with van der Waals surface area (Å²) in [4.78, 5) is 22.5. The number of ketones is 1. The van der Waals surface area contributed by atoms with Crippen molar-refractivity contribution >= 4 is 17.3 Å². The van der Waals surface area contributed by atoms with Gasteiger partial charge in [-0.15, -0.1) is 0 Å². The van der Waals surface area contributed by atoms with E-state index in [1.165, 1.54) is 6.92 Å². The lowest BCUT2D eigenvalue weighted by Gasteiger charge is -2.07. The molecule has 1 aromatic carbocycles. The van der Waals surface area contributed by atoms with E-state index in [0.29, 0.717) is 19.4 Å². The molecule has 0 spiro atoms. The molecule has 0 bridgehead atoms. The summed E-state index contributed by atoms with van der Waals surface area (Å²) >= 11 is 0. The molecule has 0 atom stereocenters. The molecule has 18 heavy (non-hydrogen) atoms. The summed E-state index contributed by atoms with van der Waals surface area (Å²) in [6, 6.07) is 9.60. The molecule has 96 valence electrons. The standard InChI is InChI=1S/C15H18O3/c1-3-18-15(17)10-9-14(11-12(2)16)13-7-5-4-6-8-13/h4-8,11H,3,9-10H2,1-2H3/b14-11+. The topological polar surface area (TPSA) is 43.4 Å². The van der Waals surface area contributed by atoms with E-state index in [0.717, 1.165) is 11.1 Å². The zero-order chi connectivity index (χ0) is 13.4. The van der Waals surface area contributed by atoms with Gasteiger partial charge in [0.2, 0.25) is 0 Å². The van der Waals surface area contributed by atoms with E-state index in [1.807, 2.05) is 30.3 Å². The summed E-state index contributed by atoms with van der Waals surface area (Å²) in [6.45, 7) is 3.67. The van der Waals surface area contributed by atoms with Crippen molar-refractivity contribution in [3.8, 4) is 0 Å². The molecule has 0 aliphatic carbocycles. The van der Waals surface area contributed by atoms with Crippen molar-refractivity contribution in [2.24, 2.45) is 0 Å². The van der Waals surface area contributed by atoms with Crippen LogP contribution in [0.1, 0.15) is 32.3 Å². The Bertz CT molecular complexity index is 432. The quantitative estimate of drug-likeness (QED) is 0.572. The number of allylic oxidation sites excluding steroid dienone is 2. The molecular weight excluding hydrogens is 228 g/mol. The average molecular weight is 246 g/mol. The molecule has 0 aliphatic heterocycles. The molecule has 1 aromatic rings. The molecule has 3 nitrogen and oxygen atoms in total. The van der Waals surface area contributed by atoms with Gasteiger partial charge in [-0.05, 0) is 37.5 Å². The van der Waals surface area contributed by atoms with Crippen LogP contribution in [0, 0.1) is 0 Å². The maximum Gasteiger partial charge on any atom is 0.306 e. The van der Waals surface area contributed by atoms with Crippen LogP contribution in [-0.4, -0.2) is 18.4 Å². The Labute approximate surface area is 107 Å². The molecule has 0 unspecified atom stereocenters. The maximum atomic E-state index is 11.3. The predicted octanol–water partition coefficient (Wildman–Crippen LogP) is 3.00. The van der Waals surface area contributed by atoms with Gasteiger partial charge in [-0.25, -0.2) is 0 Å². The van der Waals surface area contributed by atoms with Gasteiger partial charge in [-0.1, -0.05) is 30.3 Å². The zero-order valence-electron chi connectivity index (χ0n) is 10.8. The molecular formula is C15H18O3. The summed E-state index contributed by atoms with van der Waals surface area (Å²) in [5.41, 5.74) is 1.84. The molecule has 0 N–H and O–H groups in total. The number of hydrogen-bond donors (Lipinski definition) is 0. The Morgan fingerprint density at radius 3 is 2.39 bits per heavy atom. The normalized spacial score (nSPS) is 11.1. The fraction of sp³-hybridized carbons (Fsp3) is 0.333. The van der Waals surface area contributed by atoms with E-state index in [-0.39, 0.29) is 11.8 Å². The minimum Gasteiger partial charge on any atom is -0.466 e. The van der Waals surface area contributed by atoms with Crippen molar-refractivity contribution in [2.45, 2.75) is 26.7 Å². The first-order valence-corrected chi connectivity index (χ1v) is 6.05. The van der Waals surface area contributed by atoms with Crippen molar-refractivity contribution in [3.05, 3.63) is 42.0 Å². The first-order chi connectivity index (χ1) is 8.63. The van der Waals surface area contributed by atoms with Crippen molar-refractivity contribution in [3.63, 3.8) is 0 Å². The third-order valence-corrected chi connectivity index (χ3v) is 2.43. The van der Waals surface area contributed by atoms with Crippen LogP contribution < -0.4 is 0 Å². The maximum absolute atomic E-state index is 11.3. The number of carbonyl (C=O) groups is 2. The third kappa shape index (κ3) is 4.95. The molecule has 0 aliphatic rings. The Morgan fingerprint density at radius 1 is 1.17 bits per heavy atom. The molecule has 0 fully saturated rings. The summed E-state index contributed by atoms with van der Waals surface area (Å²) in [5, 5.41) is 0. The minimum absolute atomic E-state index is 0.0160. The zero-order valence-corrected chi connectivity index (χ0v) is 10.8. The minimum atomic E-state index is -0.233. The second-order valence-electron chi connectivity index (χ2n) is 3.95. The number of benzene rings is 1. The SMILES string of the molecule is CCOC(=O)CC/C(=C\C(C)=O)c1ccccc1. The Morgan fingerprint density at radius 2 is 1.83 bits per heavy atom. The number of ether oxygens (including phenoxy) is 1. The molecule has 3 heteroatoms. The van der Waals surface area contributed by atoms with Gasteiger partial charge in [-0.2, -0.15) is 0 Å². The highest BCUT2D eigenvalue weighted by Gasteiger charge is 2.07. The third-order valence-electron chi connectivity index (χ3n) is 2.43. The van der Waals surface area contributed by atoms with Gasteiger partial charge >= 0.3 is 5.97 Å². The lowest BCUT2D eigenvalue weighted by Crippen LogP contribution is -2.04. The first-order valence-electron chi connectivity index (χ1n) is 6.05. The van der Waals surface area contributed by atoms with Crippen LogP contribution in [0.5, 0.6) is 0 Å². The predicted molar refractivity (Wildman–Crippen MR) is 71.0 cm³/mol. The highest BCUT2D eigenvalue weighted by Crippen LogP contribution is 2.20. The van der Waals surface area contributed by atoms with Gasteiger partial charge in [0.05, 0.1) is 6.61 Å². The molecule has 0 saturated heterocycles. The Balaban J connectivity index is 2.75. The largest absolute Gasteiger partial charge is 0.466 e. The fourth-order valence-corrected chi connectivity index (χ4v) is 1.67. The van der Waals surface area contributed by atoms with Crippen LogP contribution in [0.4, 0.5) is 0 Å². The molecule has 0 radical (unpaired) electrons. The number of carbonyl (C=O) groups excluding carboxylic acids is 2. The summed E-state index contributed by atoms with van der Waals surface area (Å²) in [5.74, 6) is -0.249. The fourth-order valence-electron chi connectivity index (χ4n) is 1.67. The second kappa shape index (κ2) is 7.43. The lowest BCUT2D eigenvalue weighted by atomic mass is 10.00. The van der Waals surface area contributed by atoms with Crippen molar-refractivity contribution in [1.29, 1.82) is 0 Å². The Hall–Kier alpha value is -1.90. The first kappa shape index (κ1) is 14.2. The van der Waals surface area contributed by atoms with Gasteiger partial charge < -0.3 is 4.74 Å². The van der Waals surface area contributed by atoms with Crippen LogP contribution in [0.15, 0.2) is 36.4 Å². The van der Waals surface area contributed by atoms with Crippen LogP contribution in [0.25, 0.3) is 5.57 Å². The van der Waals surface area contributed by atoms with Gasteiger partial charge in [-0.3, -0.25) is 9.59 Å². The molecule has 0 amide bonds. The lowest BCUT2D eigenvalue weighted by molar-refractivity contribution is -0.143. The number of esters is 1. The second-order valence-corrected chi connectivity index (χ2v) is 3.95. The van der Waals surface area contributed by atoms with Gasteiger partial charge in [0.15, 0.2) is 5.78 Å². The van der Waals surface area contributed by atoms with Gasteiger partial charge in [0.1, 0.15) is 0 Å². The molecule has 1 rings (SSSR count). The average Bonchev–Trinajstić information content (AvgIpc) is 2.35. The van der Waals surface area contributed by atoms with Gasteiger partial charge in [0.25, 0.3) is 0 Å². The summed E-state index contributed by atoms with van der Waals surface area (Å²) in [6.07, 6.45) is 2.39. The summed E-state index contributed by atoms with van der Waals surface area (Å²) < 4.78 is 4.88. The van der Waals surface area contributed by atoms with E-state index >= 15 is 0 Å². The van der Waals surface area contributed by atoms with Crippen LogP contribution in [-0.2, 0) is 14.3 Å². The molecule has 0 aromatic heterocycles. The highest BCUT2D eigenvalue weighted by atomic mass is 16.5. The van der Waals surface area contributed by atoms with E-state index in [4.69, 9.17) is 4.74 Å². The highest BCUT2D eigenvalue weighted by molar-refractivity contribution is 5.95. The van der Waals surface area contributed by atoms with Crippen molar-refractivity contribution in [2.75, 3.05) is 6.61 Å². The van der Waals surface area contributed by atoms with Crippen LogP contribution in [0.3, 0.4) is 0 Å². The van der Waals surface area contributed by atoms with Gasteiger partial charge in [0, 0.05) is 6.42 Å². The van der Waals surface area contributed by atoms with E-state index in [1.54, 1.807) is 13.0 Å². The van der Waals surface area contributed by atoms with Crippen molar-refractivity contribution in [1.82, 2.24) is 0 Å². The van der Waals surface area contributed by atoms with Crippen LogP contribution in [0.2, 0.25) is 0 Å². The van der Waals surface area contributed by atoms with Crippen molar-refractivity contribution < 1.29 is 14.3 Å². The van der Waals surface area contributed by atoms with Crippen LogP contribution >= 0.6 is 0 Å². The number of rotatable bonds is 6. The van der Waals surface area contributed by atoms with E-state index in [2.05, 4.69) is 0 Å².